The Balaban J connectivity index is 1.96. The van der Waals surface area contributed by atoms with Gasteiger partial charge in [-0.25, -0.2) is 0 Å². The zero-order chi connectivity index (χ0) is 9.80. The van der Waals surface area contributed by atoms with Crippen molar-refractivity contribution < 1.29 is 4.74 Å². The first kappa shape index (κ1) is 9.66. The van der Waals surface area contributed by atoms with Crippen LogP contribution in [-0.4, -0.2) is 5.44 Å². The minimum atomic E-state index is 0.294. The molecule has 0 radical (unpaired) electrons. The first-order chi connectivity index (χ1) is 6.84. The molecule has 1 aromatic carbocycles. The molecule has 1 unspecified atom stereocenters. The molecule has 74 valence electrons. The van der Waals surface area contributed by atoms with Gasteiger partial charge in [0.1, 0.15) is 5.44 Å². The second-order valence-corrected chi connectivity index (χ2v) is 4.60. The van der Waals surface area contributed by atoms with Gasteiger partial charge in [-0.15, -0.1) is 0 Å². The van der Waals surface area contributed by atoms with Crippen LogP contribution in [0.4, 0.5) is 0 Å². The fourth-order valence-electron chi connectivity index (χ4n) is 1.47. The molecular formula is C12H14OS. The summed E-state index contributed by atoms with van der Waals surface area (Å²) in [5, 5.41) is 0. The smallest absolute Gasteiger partial charge is 0.148 e. The van der Waals surface area contributed by atoms with Crippen LogP contribution in [0, 0.1) is 0 Å². The Morgan fingerprint density at radius 3 is 2.79 bits per heavy atom. The van der Waals surface area contributed by atoms with Crippen molar-refractivity contribution in [3.05, 3.63) is 42.2 Å². The van der Waals surface area contributed by atoms with Crippen LogP contribution in [-0.2, 0) is 4.74 Å². The maximum absolute atomic E-state index is 5.71. The third kappa shape index (κ3) is 2.55. The van der Waals surface area contributed by atoms with Gasteiger partial charge >= 0.3 is 0 Å². The van der Waals surface area contributed by atoms with Crippen molar-refractivity contribution in [2.75, 3.05) is 0 Å². The topological polar surface area (TPSA) is 9.23 Å². The van der Waals surface area contributed by atoms with Crippen molar-refractivity contribution >= 4 is 11.8 Å². The third-order valence-corrected chi connectivity index (χ3v) is 3.30. The molecule has 0 fully saturated rings. The molecule has 14 heavy (non-hydrogen) atoms. The van der Waals surface area contributed by atoms with E-state index >= 15 is 0 Å². The van der Waals surface area contributed by atoms with E-state index in [2.05, 4.69) is 30.3 Å². The van der Waals surface area contributed by atoms with Crippen LogP contribution in [0.3, 0.4) is 0 Å². The SMILES string of the molecule is CC1=CCCC(Sc2ccccc2)O1. The normalized spacial score (nSPS) is 21.2. The molecule has 0 aliphatic carbocycles. The van der Waals surface area contributed by atoms with Gasteiger partial charge in [-0.3, -0.25) is 0 Å². The van der Waals surface area contributed by atoms with Crippen LogP contribution in [0.2, 0.25) is 0 Å². The molecule has 0 amide bonds. The van der Waals surface area contributed by atoms with E-state index in [0.717, 1.165) is 18.6 Å². The lowest BCUT2D eigenvalue weighted by atomic mass is 10.2. The second kappa shape index (κ2) is 4.56. The van der Waals surface area contributed by atoms with Crippen molar-refractivity contribution in [2.45, 2.75) is 30.1 Å². The maximum Gasteiger partial charge on any atom is 0.148 e. The second-order valence-electron chi connectivity index (χ2n) is 3.37. The predicted octanol–water partition coefficient (Wildman–Crippen LogP) is 3.82. The van der Waals surface area contributed by atoms with E-state index in [1.807, 2.05) is 13.0 Å². The fourth-order valence-corrected chi connectivity index (χ4v) is 2.54. The monoisotopic (exact) mass is 206 g/mol. The average molecular weight is 206 g/mol. The highest BCUT2D eigenvalue weighted by Gasteiger charge is 2.14. The summed E-state index contributed by atoms with van der Waals surface area (Å²) in [4.78, 5) is 1.28. The number of allylic oxidation sites excluding steroid dienone is 2. The molecule has 2 rings (SSSR count). The fraction of sp³-hybridized carbons (Fsp3) is 0.333. The maximum atomic E-state index is 5.71. The largest absolute Gasteiger partial charge is 0.484 e. The van der Waals surface area contributed by atoms with Gasteiger partial charge in [0.15, 0.2) is 0 Å². The minimum absolute atomic E-state index is 0.294. The molecule has 1 aromatic rings. The highest BCUT2D eigenvalue weighted by atomic mass is 32.2. The average Bonchev–Trinajstić information content (AvgIpc) is 2.19. The van der Waals surface area contributed by atoms with E-state index in [1.54, 1.807) is 11.8 Å². The van der Waals surface area contributed by atoms with Crippen molar-refractivity contribution in [2.24, 2.45) is 0 Å². The van der Waals surface area contributed by atoms with Gasteiger partial charge in [0.05, 0.1) is 5.76 Å². The van der Waals surface area contributed by atoms with Gasteiger partial charge in [-0.2, -0.15) is 0 Å². The Hall–Kier alpha value is -0.890. The van der Waals surface area contributed by atoms with Gasteiger partial charge in [0.25, 0.3) is 0 Å². The summed E-state index contributed by atoms with van der Waals surface area (Å²) < 4.78 is 5.71. The summed E-state index contributed by atoms with van der Waals surface area (Å²) in [6.07, 6.45) is 4.40. The Morgan fingerprint density at radius 1 is 1.29 bits per heavy atom. The molecule has 1 aliphatic rings. The lowest BCUT2D eigenvalue weighted by Crippen LogP contribution is -2.10. The molecule has 1 nitrogen and oxygen atoms in total. The summed E-state index contributed by atoms with van der Waals surface area (Å²) in [5.41, 5.74) is 0.294. The van der Waals surface area contributed by atoms with Gasteiger partial charge in [0.2, 0.25) is 0 Å². The molecule has 1 aliphatic heterocycles. The van der Waals surface area contributed by atoms with E-state index in [-0.39, 0.29) is 0 Å². The van der Waals surface area contributed by atoms with Crippen molar-refractivity contribution in [1.29, 1.82) is 0 Å². The molecule has 1 atom stereocenters. The first-order valence-electron chi connectivity index (χ1n) is 4.90. The van der Waals surface area contributed by atoms with E-state index in [4.69, 9.17) is 4.74 Å². The first-order valence-corrected chi connectivity index (χ1v) is 5.78. The number of rotatable bonds is 2. The molecule has 0 saturated heterocycles. The van der Waals surface area contributed by atoms with Gasteiger partial charge in [-0.1, -0.05) is 30.0 Å². The van der Waals surface area contributed by atoms with Crippen LogP contribution < -0.4 is 0 Å². The molecule has 0 saturated carbocycles. The zero-order valence-corrected chi connectivity index (χ0v) is 9.09. The summed E-state index contributed by atoms with van der Waals surface area (Å²) in [7, 11) is 0. The number of benzene rings is 1. The van der Waals surface area contributed by atoms with Crippen LogP contribution in [0.1, 0.15) is 19.8 Å². The summed E-state index contributed by atoms with van der Waals surface area (Å²) in [6, 6.07) is 10.4. The standard InChI is InChI=1S/C12H14OS/c1-10-6-5-9-12(13-10)14-11-7-3-2-4-8-11/h2-4,6-8,12H,5,9H2,1H3. The Kier molecular flexibility index (Phi) is 3.14. The highest BCUT2D eigenvalue weighted by molar-refractivity contribution is 7.99. The zero-order valence-electron chi connectivity index (χ0n) is 8.27. The van der Waals surface area contributed by atoms with Crippen molar-refractivity contribution in [1.82, 2.24) is 0 Å². The summed E-state index contributed by atoms with van der Waals surface area (Å²) in [5.74, 6) is 1.06. The quantitative estimate of drug-likeness (QED) is 0.727. The van der Waals surface area contributed by atoms with Crippen LogP contribution in [0.25, 0.3) is 0 Å². The summed E-state index contributed by atoms with van der Waals surface area (Å²) in [6.45, 7) is 2.03. The Bertz CT molecular complexity index is 318. The third-order valence-electron chi connectivity index (χ3n) is 2.16. The molecule has 1 heterocycles. The molecule has 0 bridgehead atoms. The minimum Gasteiger partial charge on any atom is -0.484 e. The highest BCUT2D eigenvalue weighted by Crippen LogP contribution is 2.31. The van der Waals surface area contributed by atoms with Crippen LogP contribution >= 0.6 is 11.8 Å². The van der Waals surface area contributed by atoms with Gasteiger partial charge in [0, 0.05) is 4.90 Å². The number of hydrogen-bond donors (Lipinski definition) is 0. The summed E-state index contributed by atoms with van der Waals surface area (Å²) >= 11 is 1.81. The Morgan fingerprint density at radius 2 is 2.07 bits per heavy atom. The molecule has 2 heteroatoms. The number of ether oxygens (including phenoxy) is 1. The van der Waals surface area contributed by atoms with E-state index < -0.39 is 0 Å². The van der Waals surface area contributed by atoms with Crippen LogP contribution in [0.5, 0.6) is 0 Å². The van der Waals surface area contributed by atoms with Crippen molar-refractivity contribution in [3.63, 3.8) is 0 Å². The van der Waals surface area contributed by atoms with Gasteiger partial charge in [-0.05, 0) is 38.0 Å². The molecular weight excluding hydrogens is 192 g/mol. The lowest BCUT2D eigenvalue weighted by Gasteiger charge is -2.22. The van der Waals surface area contributed by atoms with Gasteiger partial charge < -0.3 is 4.74 Å². The molecule has 0 aromatic heterocycles. The van der Waals surface area contributed by atoms with E-state index in [0.29, 0.717) is 5.44 Å². The lowest BCUT2D eigenvalue weighted by molar-refractivity contribution is 0.167. The van der Waals surface area contributed by atoms with Crippen molar-refractivity contribution in [3.8, 4) is 0 Å². The van der Waals surface area contributed by atoms with E-state index in [1.165, 1.54) is 4.90 Å². The van der Waals surface area contributed by atoms with Crippen LogP contribution in [0.15, 0.2) is 47.1 Å². The Labute approximate surface area is 89.2 Å². The predicted molar refractivity (Wildman–Crippen MR) is 60.2 cm³/mol. The molecule has 0 spiro atoms. The number of thioether (sulfide) groups is 1. The van der Waals surface area contributed by atoms with E-state index in [9.17, 15) is 0 Å². The molecule has 0 N–H and O–H groups in total. The number of hydrogen-bond acceptors (Lipinski definition) is 2.